The zero-order chi connectivity index (χ0) is 12.6. The average molecular weight is 237 g/mol. The topological polar surface area (TPSA) is 58.4 Å². The molecule has 1 atom stereocenters. The maximum atomic E-state index is 11.8. The lowest BCUT2D eigenvalue weighted by molar-refractivity contribution is -0.124. The van der Waals surface area contributed by atoms with Crippen LogP contribution in [0.25, 0.3) is 0 Å². The number of hydrogen-bond donors (Lipinski definition) is 1. The standard InChI is InChI=1S/C12H19N3O2/c1-12(2,3)9-7-10(14-17-9)13-11(16)8-5-6-15(8)4/h7-8H,5-6H2,1-4H3,(H,13,14,16). The lowest BCUT2D eigenvalue weighted by atomic mass is 9.93. The van der Waals surface area contributed by atoms with Crippen molar-refractivity contribution < 1.29 is 9.32 Å². The van der Waals surface area contributed by atoms with Crippen LogP contribution in [-0.2, 0) is 10.2 Å². The molecule has 0 saturated carbocycles. The van der Waals surface area contributed by atoms with E-state index in [0.717, 1.165) is 18.7 Å². The first-order valence-corrected chi connectivity index (χ1v) is 5.86. The number of amides is 1. The van der Waals surface area contributed by atoms with Crippen molar-refractivity contribution in [2.75, 3.05) is 18.9 Å². The number of likely N-dealkylation sites (tertiary alicyclic amines) is 1. The van der Waals surface area contributed by atoms with Crippen LogP contribution < -0.4 is 5.32 Å². The van der Waals surface area contributed by atoms with Crippen LogP contribution in [0.3, 0.4) is 0 Å². The van der Waals surface area contributed by atoms with Gasteiger partial charge in [-0.2, -0.15) is 0 Å². The van der Waals surface area contributed by atoms with E-state index >= 15 is 0 Å². The van der Waals surface area contributed by atoms with Crippen molar-refractivity contribution in [3.8, 4) is 0 Å². The summed E-state index contributed by atoms with van der Waals surface area (Å²) in [5.41, 5.74) is -0.0940. The summed E-state index contributed by atoms with van der Waals surface area (Å²) in [6.07, 6.45) is 0.909. The summed E-state index contributed by atoms with van der Waals surface area (Å²) in [5.74, 6) is 1.27. The third-order valence-electron chi connectivity index (χ3n) is 3.09. The van der Waals surface area contributed by atoms with Gasteiger partial charge in [0.25, 0.3) is 0 Å². The molecule has 1 aliphatic heterocycles. The second kappa shape index (κ2) is 4.14. The molecule has 1 N–H and O–H groups in total. The number of carbonyl (C=O) groups excluding carboxylic acids is 1. The summed E-state index contributed by atoms with van der Waals surface area (Å²) < 4.78 is 5.21. The van der Waals surface area contributed by atoms with E-state index in [1.54, 1.807) is 6.07 Å². The molecule has 5 nitrogen and oxygen atoms in total. The van der Waals surface area contributed by atoms with Crippen LogP contribution in [-0.4, -0.2) is 35.6 Å². The molecule has 1 aliphatic rings. The largest absolute Gasteiger partial charge is 0.359 e. The van der Waals surface area contributed by atoms with Crippen LogP contribution in [0.1, 0.15) is 33.0 Å². The van der Waals surface area contributed by atoms with Crippen molar-refractivity contribution in [2.45, 2.75) is 38.6 Å². The first-order valence-electron chi connectivity index (χ1n) is 5.86. The highest BCUT2D eigenvalue weighted by Gasteiger charge is 2.31. The Labute approximate surface area is 101 Å². The molecule has 0 spiro atoms. The van der Waals surface area contributed by atoms with Crippen LogP contribution in [0.4, 0.5) is 5.82 Å². The summed E-state index contributed by atoms with van der Waals surface area (Å²) in [7, 11) is 1.94. The van der Waals surface area contributed by atoms with Gasteiger partial charge in [0, 0.05) is 18.0 Å². The Morgan fingerprint density at radius 3 is 2.71 bits per heavy atom. The minimum Gasteiger partial charge on any atom is -0.359 e. The molecule has 1 fully saturated rings. The molecular formula is C12H19N3O2. The number of aromatic nitrogens is 1. The van der Waals surface area contributed by atoms with E-state index < -0.39 is 0 Å². The number of likely N-dealkylation sites (N-methyl/N-ethyl adjacent to an activating group) is 1. The molecule has 1 unspecified atom stereocenters. The van der Waals surface area contributed by atoms with Crippen LogP contribution in [0.5, 0.6) is 0 Å². The third kappa shape index (κ3) is 2.49. The van der Waals surface area contributed by atoms with Gasteiger partial charge in [0.2, 0.25) is 5.91 Å². The van der Waals surface area contributed by atoms with Gasteiger partial charge in [-0.15, -0.1) is 0 Å². The Bertz CT molecular complexity index is 420. The van der Waals surface area contributed by atoms with Gasteiger partial charge in [0.15, 0.2) is 5.82 Å². The SMILES string of the molecule is CN1CCC1C(=O)Nc1cc(C(C)(C)C)on1. The fraction of sp³-hybridized carbons (Fsp3) is 0.667. The molecule has 1 saturated heterocycles. The molecule has 17 heavy (non-hydrogen) atoms. The molecular weight excluding hydrogens is 218 g/mol. The Kier molecular flexibility index (Phi) is 2.95. The molecule has 2 heterocycles. The predicted octanol–water partition coefficient (Wildman–Crippen LogP) is 1.61. The van der Waals surface area contributed by atoms with Gasteiger partial charge in [-0.05, 0) is 13.5 Å². The summed E-state index contributed by atoms with van der Waals surface area (Å²) in [6, 6.07) is 1.76. The van der Waals surface area contributed by atoms with Gasteiger partial charge in [-0.3, -0.25) is 9.69 Å². The first kappa shape index (κ1) is 12.1. The molecule has 5 heteroatoms. The third-order valence-corrected chi connectivity index (χ3v) is 3.09. The number of carbonyl (C=O) groups is 1. The summed E-state index contributed by atoms with van der Waals surface area (Å²) in [4.78, 5) is 13.8. The Morgan fingerprint density at radius 1 is 1.59 bits per heavy atom. The van der Waals surface area contributed by atoms with Crippen LogP contribution in [0, 0.1) is 0 Å². The maximum absolute atomic E-state index is 11.8. The van der Waals surface area contributed by atoms with E-state index in [2.05, 4.69) is 10.5 Å². The highest BCUT2D eigenvalue weighted by Crippen LogP contribution is 2.25. The number of anilines is 1. The van der Waals surface area contributed by atoms with E-state index in [1.165, 1.54) is 0 Å². The average Bonchev–Trinajstić information content (AvgIpc) is 2.63. The van der Waals surface area contributed by atoms with Crippen molar-refractivity contribution in [2.24, 2.45) is 0 Å². The van der Waals surface area contributed by atoms with Crippen molar-refractivity contribution in [3.63, 3.8) is 0 Å². The Balaban J connectivity index is 2.00. The number of nitrogens with one attached hydrogen (secondary N) is 1. The fourth-order valence-corrected chi connectivity index (χ4v) is 1.74. The highest BCUT2D eigenvalue weighted by atomic mass is 16.5. The molecule has 0 radical (unpaired) electrons. The Morgan fingerprint density at radius 2 is 2.29 bits per heavy atom. The maximum Gasteiger partial charge on any atom is 0.243 e. The molecule has 1 aromatic rings. The number of nitrogens with zero attached hydrogens (tertiary/aromatic N) is 2. The van der Waals surface area contributed by atoms with Gasteiger partial charge < -0.3 is 9.84 Å². The van der Waals surface area contributed by atoms with Crippen LogP contribution >= 0.6 is 0 Å². The molecule has 94 valence electrons. The normalized spacial score (nSPS) is 21.1. The van der Waals surface area contributed by atoms with E-state index in [-0.39, 0.29) is 17.4 Å². The Hall–Kier alpha value is -1.36. The van der Waals surface area contributed by atoms with Gasteiger partial charge >= 0.3 is 0 Å². The van der Waals surface area contributed by atoms with Crippen LogP contribution in [0.15, 0.2) is 10.6 Å². The summed E-state index contributed by atoms with van der Waals surface area (Å²) >= 11 is 0. The van der Waals surface area contributed by atoms with Gasteiger partial charge in [0.1, 0.15) is 5.76 Å². The van der Waals surface area contributed by atoms with Crippen molar-refractivity contribution in [3.05, 3.63) is 11.8 Å². The smallest absolute Gasteiger partial charge is 0.243 e. The minimum atomic E-state index is -0.0940. The molecule has 0 aliphatic carbocycles. The fourth-order valence-electron chi connectivity index (χ4n) is 1.74. The first-order chi connectivity index (χ1) is 7.88. The van der Waals surface area contributed by atoms with Gasteiger partial charge in [-0.1, -0.05) is 25.9 Å². The lowest BCUT2D eigenvalue weighted by Crippen LogP contribution is -2.51. The zero-order valence-electron chi connectivity index (χ0n) is 10.8. The molecule has 2 rings (SSSR count). The second-order valence-corrected chi connectivity index (χ2v) is 5.60. The van der Waals surface area contributed by atoms with Gasteiger partial charge in [0.05, 0.1) is 6.04 Å². The molecule has 0 bridgehead atoms. The van der Waals surface area contributed by atoms with Crippen molar-refractivity contribution in [1.29, 1.82) is 0 Å². The van der Waals surface area contributed by atoms with Crippen molar-refractivity contribution in [1.82, 2.24) is 10.1 Å². The quantitative estimate of drug-likeness (QED) is 0.849. The summed E-state index contributed by atoms with van der Waals surface area (Å²) in [6.45, 7) is 7.10. The minimum absolute atomic E-state index is 0.00694. The predicted molar refractivity (Wildman–Crippen MR) is 64.9 cm³/mol. The van der Waals surface area contributed by atoms with E-state index in [4.69, 9.17) is 4.52 Å². The zero-order valence-corrected chi connectivity index (χ0v) is 10.8. The summed E-state index contributed by atoms with van der Waals surface area (Å²) in [5, 5.41) is 6.64. The van der Waals surface area contributed by atoms with Crippen LogP contribution in [0.2, 0.25) is 0 Å². The monoisotopic (exact) mass is 237 g/mol. The molecule has 0 aromatic carbocycles. The van der Waals surface area contributed by atoms with E-state index in [0.29, 0.717) is 5.82 Å². The van der Waals surface area contributed by atoms with Gasteiger partial charge in [-0.25, -0.2) is 0 Å². The number of hydrogen-bond acceptors (Lipinski definition) is 4. The van der Waals surface area contributed by atoms with Crippen molar-refractivity contribution >= 4 is 11.7 Å². The molecule has 1 amide bonds. The lowest BCUT2D eigenvalue weighted by Gasteiger charge is -2.35. The number of rotatable bonds is 2. The van der Waals surface area contributed by atoms with E-state index in [1.807, 2.05) is 32.7 Å². The highest BCUT2D eigenvalue weighted by molar-refractivity contribution is 5.94. The second-order valence-electron chi connectivity index (χ2n) is 5.60. The van der Waals surface area contributed by atoms with E-state index in [9.17, 15) is 4.79 Å². The molecule has 1 aromatic heterocycles.